The molecule has 0 aromatic heterocycles. The van der Waals surface area contributed by atoms with E-state index in [2.05, 4.69) is 26.5 Å². The Morgan fingerprint density at radius 3 is 2.70 bits per heavy atom. The third-order valence-electron chi connectivity index (χ3n) is 2.77. The van der Waals surface area contributed by atoms with Gasteiger partial charge in [-0.1, -0.05) is 27.5 Å². The second kappa shape index (κ2) is 8.55. The second-order valence-electron chi connectivity index (χ2n) is 4.43. The Hall–Kier alpha value is -2.05. The minimum absolute atomic E-state index is 0.179. The number of hydrogen-bond acceptors (Lipinski definition) is 4. The number of hydrogen-bond donors (Lipinski definition) is 1. The quantitative estimate of drug-likeness (QED) is 0.598. The minimum atomic E-state index is -0.381. The van der Waals surface area contributed by atoms with Crippen molar-refractivity contribution in [2.24, 2.45) is 5.10 Å². The Bertz CT molecular complexity index is 705. The lowest BCUT2D eigenvalue weighted by Crippen LogP contribution is -2.24. The summed E-state index contributed by atoms with van der Waals surface area (Å²) in [5, 5.41) is 4.28. The number of rotatable bonds is 6. The molecule has 2 aromatic rings. The van der Waals surface area contributed by atoms with Gasteiger partial charge in [-0.25, -0.2) is 5.43 Å². The maximum atomic E-state index is 11.7. The first-order chi connectivity index (χ1) is 11.1. The van der Waals surface area contributed by atoms with Crippen LogP contribution in [0.15, 0.2) is 52.0 Å². The molecule has 0 atom stereocenters. The van der Waals surface area contributed by atoms with Crippen LogP contribution in [0.3, 0.4) is 0 Å². The fourth-order valence-electron chi connectivity index (χ4n) is 1.64. The largest absolute Gasteiger partial charge is 0.497 e. The molecule has 0 aliphatic carbocycles. The number of benzene rings is 2. The Kier molecular flexibility index (Phi) is 6.43. The molecular weight excluding hydrogens is 384 g/mol. The van der Waals surface area contributed by atoms with E-state index < -0.39 is 0 Å². The second-order valence-corrected chi connectivity index (χ2v) is 5.75. The molecule has 1 N–H and O–H groups in total. The molecule has 0 spiro atoms. The van der Waals surface area contributed by atoms with Gasteiger partial charge >= 0.3 is 0 Å². The number of nitrogens with one attached hydrogen (secondary N) is 1. The number of nitrogens with zero attached hydrogens (tertiary/aromatic N) is 1. The van der Waals surface area contributed by atoms with Crippen LogP contribution >= 0.6 is 27.5 Å². The van der Waals surface area contributed by atoms with Gasteiger partial charge in [0, 0.05) is 4.47 Å². The zero-order valence-electron chi connectivity index (χ0n) is 12.3. The highest BCUT2D eigenvalue weighted by Crippen LogP contribution is 2.27. The van der Waals surface area contributed by atoms with E-state index >= 15 is 0 Å². The lowest BCUT2D eigenvalue weighted by Gasteiger charge is -2.07. The number of carbonyl (C=O) groups excluding carboxylic acids is 1. The van der Waals surface area contributed by atoms with E-state index in [1.165, 1.54) is 6.21 Å². The SMILES string of the molecule is COc1ccc(/C=N/NC(=O)COc2ccc(Br)cc2Cl)cc1. The number of hydrazone groups is 1. The number of amides is 1. The number of ether oxygens (including phenoxy) is 2. The van der Waals surface area contributed by atoms with Gasteiger partial charge < -0.3 is 9.47 Å². The minimum Gasteiger partial charge on any atom is -0.497 e. The van der Waals surface area contributed by atoms with Crippen LogP contribution in [-0.4, -0.2) is 25.8 Å². The average Bonchev–Trinajstić information content (AvgIpc) is 2.54. The third kappa shape index (κ3) is 5.58. The van der Waals surface area contributed by atoms with Gasteiger partial charge in [0.25, 0.3) is 5.91 Å². The Balaban J connectivity index is 1.81. The summed E-state index contributed by atoms with van der Waals surface area (Å²) >= 11 is 9.29. The summed E-state index contributed by atoms with van der Waals surface area (Å²) in [7, 11) is 1.60. The van der Waals surface area contributed by atoms with E-state index in [9.17, 15) is 4.79 Å². The molecule has 0 fully saturated rings. The van der Waals surface area contributed by atoms with E-state index in [0.717, 1.165) is 15.8 Å². The van der Waals surface area contributed by atoms with E-state index in [-0.39, 0.29) is 12.5 Å². The molecule has 7 heteroatoms. The number of carbonyl (C=O) groups is 1. The predicted octanol–water partition coefficient (Wildman–Crippen LogP) is 3.64. The molecule has 0 bridgehead atoms. The van der Waals surface area contributed by atoms with Crippen LogP contribution in [0, 0.1) is 0 Å². The van der Waals surface area contributed by atoms with Gasteiger partial charge in [-0.3, -0.25) is 4.79 Å². The van der Waals surface area contributed by atoms with Gasteiger partial charge in [-0.15, -0.1) is 0 Å². The van der Waals surface area contributed by atoms with E-state index in [1.54, 1.807) is 25.3 Å². The van der Waals surface area contributed by atoms with Crippen molar-refractivity contribution in [3.63, 3.8) is 0 Å². The van der Waals surface area contributed by atoms with Crippen LogP contribution in [0.4, 0.5) is 0 Å². The molecule has 1 amide bonds. The normalized spacial score (nSPS) is 10.6. The Labute approximate surface area is 147 Å². The fraction of sp³-hybridized carbons (Fsp3) is 0.125. The van der Waals surface area contributed by atoms with Crippen LogP contribution in [0.5, 0.6) is 11.5 Å². The lowest BCUT2D eigenvalue weighted by molar-refractivity contribution is -0.123. The maximum absolute atomic E-state index is 11.7. The molecule has 0 unspecified atom stereocenters. The molecular formula is C16H14BrClN2O3. The van der Waals surface area contributed by atoms with Crippen molar-refractivity contribution < 1.29 is 14.3 Å². The van der Waals surface area contributed by atoms with Crippen molar-refractivity contribution in [3.8, 4) is 11.5 Å². The molecule has 0 heterocycles. The monoisotopic (exact) mass is 396 g/mol. The summed E-state index contributed by atoms with van der Waals surface area (Å²) in [5.74, 6) is 0.809. The zero-order chi connectivity index (χ0) is 16.7. The molecule has 0 aliphatic heterocycles. The summed E-state index contributed by atoms with van der Waals surface area (Å²) in [6, 6.07) is 12.4. The van der Waals surface area contributed by atoms with Crippen LogP contribution in [0.1, 0.15) is 5.56 Å². The van der Waals surface area contributed by atoms with Crippen molar-refractivity contribution in [1.82, 2.24) is 5.43 Å². The molecule has 120 valence electrons. The Morgan fingerprint density at radius 1 is 1.30 bits per heavy atom. The highest BCUT2D eigenvalue weighted by Gasteiger charge is 2.05. The van der Waals surface area contributed by atoms with Crippen molar-refractivity contribution in [3.05, 3.63) is 57.5 Å². The molecule has 23 heavy (non-hydrogen) atoms. The predicted molar refractivity (Wildman–Crippen MR) is 93.4 cm³/mol. The first-order valence-corrected chi connectivity index (χ1v) is 7.79. The van der Waals surface area contributed by atoms with Crippen molar-refractivity contribution in [2.75, 3.05) is 13.7 Å². The van der Waals surface area contributed by atoms with Crippen LogP contribution in [0.25, 0.3) is 0 Å². The van der Waals surface area contributed by atoms with Gasteiger partial charge in [0.2, 0.25) is 0 Å². The van der Waals surface area contributed by atoms with Crippen molar-refractivity contribution in [2.45, 2.75) is 0 Å². The van der Waals surface area contributed by atoms with Gasteiger partial charge in [-0.2, -0.15) is 5.10 Å². The molecule has 0 saturated heterocycles. The molecule has 2 aromatic carbocycles. The lowest BCUT2D eigenvalue weighted by atomic mass is 10.2. The van der Waals surface area contributed by atoms with Gasteiger partial charge in [0.05, 0.1) is 18.3 Å². The van der Waals surface area contributed by atoms with E-state index in [1.807, 2.05) is 24.3 Å². The van der Waals surface area contributed by atoms with Gasteiger partial charge in [0.15, 0.2) is 6.61 Å². The highest BCUT2D eigenvalue weighted by molar-refractivity contribution is 9.10. The third-order valence-corrected chi connectivity index (χ3v) is 3.56. The molecule has 0 saturated carbocycles. The Morgan fingerprint density at radius 2 is 2.04 bits per heavy atom. The topological polar surface area (TPSA) is 59.9 Å². The first-order valence-electron chi connectivity index (χ1n) is 6.62. The average molecular weight is 398 g/mol. The van der Waals surface area contributed by atoms with Gasteiger partial charge in [-0.05, 0) is 48.0 Å². The summed E-state index contributed by atoms with van der Waals surface area (Å²) in [4.78, 5) is 11.7. The summed E-state index contributed by atoms with van der Waals surface area (Å²) in [6.45, 7) is -0.179. The van der Waals surface area contributed by atoms with Crippen molar-refractivity contribution >= 4 is 39.7 Å². The van der Waals surface area contributed by atoms with Crippen LogP contribution in [0.2, 0.25) is 5.02 Å². The smallest absolute Gasteiger partial charge is 0.277 e. The number of halogens is 2. The van der Waals surface area contributed by atoms with E-state index in [4.69, 9.17) is 21.1 Å². The van der Waals surface area contributed by atoms with Gasteiger partial charge in [0.1, 0.15) is 11.5 Å². The van der Waals surface area contributed by atoms with Crippen molar-refractivity contribution in [1.29, 1.82) is 0 Å². The molecule has 0 radical (unpaired) electrons. The standard InChI is InChI=1S/C16H14BrClN2O3/c1-22-13-5-2-11(3-6-13)9-19-20-16(21)10-23-15-7-4-12(17)8-14(15)18/h2-9H,10H2,1H3,(H,20,21)/b19-9+. The van der Waals surface area contributed by atoms with E-state index in [0.29, 0.717) is 10.8 Å². The highest BCUT2D eigenvalue weighted by atomic mass is 79.9. The molecule has 5 nitrogen and oxygen atoms in total. The fourth-order valence-corrected chi connectivity index (χ4v) is 2.36. The summed E-state index contributed by atoms with van der Waals surface area (Å²) < 4.78 is 11.2. The first kappa shape index (κ1) is 17.3. The summed E-state index contributed by atoms with van der Waals surface area (Å²) in [5.41, 5.74) is 3.22. The maximum Gasteiger partial charge on any atom is 0.277 e. The molecule has 2 rings (SSSR count). The summed E-state index contributed by atoms with van der Waals surface area (Å²) in [6.07, 6.45) is 1.53. The van der Waals surface area contributed by atoms with Crippen LogP contribution < -0.4 is 14.9 Å². The van der Waals surface area contributed by atoms with Crippen LogP contribution in [-0.2, 0) is 4.79 Å². The zero-order valence-corrected chi connectivity index (χ0v) is 14.6. The number of methoxy groups -OCH3 is 1. The molecule has 0 aliphatic rings.